The Morgan fingerprint density at radius 3 is 2.24 bits per heavy atom. The first kappa shape index (κ1) is 17.2. The number of ether oxygens (including phenoxy) is 2. The molecule has 0 spiro atoms. The first-order chi connectivity index (χ1) is 9.95. The molecule has 1 heterocycles. The quantitative estimate of drug-likeness (QED) is 0.838. The Hall–Kier alpha value is -0.120. The molecule has 124 valence electrons. The number of hydrogen-bond donors (Lipinski definition) is 1. The van der Waals surface area contributed by atoms with E-state index in [4.69, 9.17) is 9.47 Å². The molecule has 0 bridgehead atoms. The molecule has 0 aromatic rings. The van der Waals surface area contributed by atoms with E-state index in [1.165, 1.54) is 25.7 Å². The van der Waals surface area contributed by atoms with Gasteiger partial charge in [-0.25, -0.2) is 0 Å². The van der Waals surface area contributed by atoms with Crippen molar-refractivity contribution in [2.24, 2.45) is 11.3 Å². The van der Waals surface area contributed by atoms with Gasteiger partial charge in [0, 0.05) is 19.8 Å². The third kappa shape index (κ3) is 4.94. The van der Waals surface area contributed by atoms with Crippen LogP contribution in [0, 0.1) is 11.3 Å². The van der Waals surface area contributed by atoms with Crippen LogP contribution in [-0.4, -0.2) is 38.0 Å². The van der Waals surface area contributed by atoms with E-state index in [1.807, 2.05) is 0 Å². The largest absolute Gasteiger partial charge is 0.381 e. The number of hydrogen-bond acceptors (Lipinski definition) is 3. The summed E-state index contributed by atoms with van der Waals surface area (Å²) < 4.78 is 12.1. The highest BCUT2D eigenvalue weighted by Gasteiger charge is 2.40. The molecule has 0 atom stereocenters. The Labute approximate surface area is 131 Å². The average molecular weight is 297 g/mol. The highest BCUT2D eigenvalue weighted by molar-refractivity contribution is 4.93. The summed E-state index contributed by atoms with van der Waals surface area (Å²) in [5, 5.41) is 3.55. The second-order valence-corrected chi connectivity index (χ2v) is 8.03. The molecule has 21 heavy (non-hydrogen) atoms. The topological polar surface area (TPSA) is 30.5 Å². The molecule has 2 aliphatic rings. The summed E-state index contributed by atoms with van der Waals surface area (Å²) in [6.07, 6.45) is 7.56. The predicted octanol–water partition coefficient (Wildman–Crippen LogP) is 3.77. The van der Waals surface area contributed by atoms with Crippen LogP contribution in [0.3, 0.4) is 0 Å². The van der Waals surface area contributed by atoms with E-state index in [0.29, 0.717) is 11.5 Å². The van der Waals surface area contributed by atoms with Crippen molar-refractivity contribution in [1.29, 1.82) is 0 Å². The van der Waals surface area contributed by atoms with Gasteiger partial charge in [0.2, 0.25) is 0 Å². The highest BCUT2D eigenvalue weighted by Crippen LogP contribution is 2.43. The minimum absolute atomic E-state index is 0.0692. The molecule has 1 N–H and O–H groups in total. The zero-order valence-corrected chi connectivity index (χ0v) is 14.5. The second kappa shape index (κ2) is 7.43. The number of likely N-dealkylation sites (N-methyl/N-ethyl adjacent to an activating group) is 1. The fraction of sp³-hybridized carbons (Fsp3) is 1.00. The lowest BCUT2D eigenvalue weighted by Crippen LogP contribution is -2.49. The predicted molar refractivity (Wildman–Crippen MR) is 87.6 cm³/mol. The smallest absolute Gasteiger partial charge is 0.0810 e. The Morgan fingerprint density at radius 1 is 1.10 bits per heavy atom. The molecule has 0 radical (unpaired) electrons. The molecule has 0 unspecified atom stereocenters. The van der Waals surface area contributed by atoms with Crippen LogP contribution >= 0.6 is 0 Å². The van der Waals surface area contributed by atoms with E-state index in [2.05, 4.69) is 33.0 Å². The molecule has 1 aliphatic heterocycles. The summed E-state index contributed by atoms with van der Waals surface area (Å²) >= 11 is 0. The van der Waals surface area contributed by atoms with E-state index in [-0.39, 0.29) is 5.60 Å². The van der Waals surface area contributed by atoms with Crippen LogP contribution in [0.4, 0.5) is 0 Å². The van der Waals surface area contributed by atoms with Crippen molar-refractivity contribution >= 4 is 0 Å². The molecule has 3 heteroatoms. The maximum Gasteiger partial charge on any atom is 0.0810 e. The average Bonchev–Trinajstić information content (AvgIpc) is 2.46. The van der Waals surface area contributed by atoms with E-state index >= 15 is 0 Å². The SMILES string of the molecule is CCNCC1(OC2CCOCC2)CCC(C(C)(C)C)CC1. The first-order valence-electron chi connectivity index (χ1n) is 8.91. The van der Waals surface area contributed by atoms with Crippen molar-refractivity contribution in [3.8, 4) is 0 Å². The van der Waals surface area contributed by atoms with Gasteiger partial charge in [-0.05, 0) is 56.4 Å². The van der Waals surface area contributed by atoms with Gasteiger partial charge in [0.25, 0.3) is 0 Å². The van der Waals surface area contributed by atoms with Gasteiger partial charge in [-0.15, -0.1) is 0 Å². The molecule has 2 fully saturated rings. The number of nitrogens with one attached hydrogen (secondary N) is 1. The third-order valence-electron chi connectivity index (χ3n) is 5.40. The normalized spacial score (nSPS) is 32.3. The van der Waals surface area contributed by atoms with Crippen LogP contribution in [0.5, 0.6) is 0 Å². The Bertz CT molecular complexity index is 297. The Balaban J connectivity index is 1.94. The molecular formula is C18H35NO2. The monoisotopic (exact) mass is 297 g/mol. The third-order valence-corrected chi connectivity index (χ3v) is 5.40. The summed E-state index contributed by atoms with van der Waals surface area (Å²) in [5.74, 6) is 0.838. The molecule has 0 aromatic heterocycles. The van der Waals surface area contributed by atoms with E-state index in [0.717, 1.165) is 45.1 Å². The van der Waals surface area contributed by atoms with E-state index in [1.54, 1.807) is 0 Å². The maximum atomic E-state index is 6.64. The fourth-order valence-corrected chi connectivity index (χ4v) is 3.85. The van der Waals surface area contributed by atoms with Crippen LogP contribution in [0.25, 0.3) is 0 Å². The fourth-order valence-electron chi connectivity index (χ4n) is 3.85. The molecule has 1 saturated heterocycles. The van der Waals surface area contributed by atoms with Crippen LogP contribution < -0.4 is 5.32 Å². The van der Waals surface area contributed by atoms with Gasteiger partial charge >= 0.3 is 0 Å². The highest BCUT2D eigenvalue weighted by atomic mass is 16.5. The summed E-state index contributed by atoms with van der Waals surface area (Å²) in [7, 11) is 0. The zero-order chi connectivity index (χ0) is 15.3. The Morgan fingerprint density at radius 2 is 1.71 bits per heavy atom. The van der Waals surface area contributed by atoms with Gasteiger partial charge in [0.15, 0.2) is 0 Å². The van der Waals surface area contributed by atoms with Gasteiger partial charge in [-0.1, -0.05) is 27.7 Å². The lowest BCUT2D eigenvalue weighted by atomic mass is 9.68. The molecule has 1 saturated carbocycles. The maximum absolute atomic E-state index is 6.64. The van der Waals surface area contributed by atoms with Gasteiger partial charge in [0.1, 0.15) is 0 Å². The molecular weight excluding hydrogens is 262 g/mol. The minimum Gasteiger partial charge on any atom is -0.381 e. The standard InChI is InChI=1S/C18H35NO2/c1-5-19-14-18(21-16-8-12-20-13-9-16)10-6-15(7-11-18)17(2,3)4/h15-16,19H,5-14H2,1-4H3. The summed E-state index contributed by atoms with van der Waals surface area (Å²) in [5.41, 5.74) is 0.503. The minimum atomic E-state index is 0.0692. The first-order valence-corrected chi connectivity index (χ1v) is 8.91. The van der Waals surface area contributed by atoms with Gasteiger partial charge in [-0.3, -0.25) is 0 Å². The summed E-state index contributed by atoms with van der Waals surface area (Å²) in [6.45, 7) is 13.1. The second-order valence-electron chi connectivity index (χ2n) is 8.03. The molecule has 0 amide bonds. The lowest BCUT2D eigenvalue weighted by molar-refractivity contribution is -0.146. The van der Waals surface area contributed by atoms with E-state index in [9.17, 15) is 0 Å². The van der Waals surface area contributed by atoms with Gasteiger partial charge in [-0.2, -0.15) is 0 Å². The van der Waals surface area contributed by atoms with Crippen molar-refractivity contribution in [2.45, 2.75) is 77.9 Å². The van der Waals surface area contributed by atoms with Crippen molar-refractivity contribution in [3.05, 3.63) is 0 Å². The van der Waals surface area contributed by atoms with Crippen molar-refractivity contribution < 1.29 is 9.47 Å². The van der Waals surface area contributed by atoms with Crippen LogP contribution in [0.15, 0.2) is 0 Å². The lowest BCUT2D eigenvalue weighted by Gasteiger charge is -2.46. The molecule has 0 aromatic carbocycles. The van der Waals surface area contributed by atoms with Crippen LogP contribution in [0.2, 0.25) is 0 Å². The van der Waals surface area contributed by atoms with Crippen LogP contribution in [-0.2, 0) is 9.47 Å². The summed E-state index contributed by atoms with van der Waals surface area (Å²) in [4.78, 5) is 0. The summed E-state index contributed by atoms with van der Waals surface area (Å²) in [6, 6.07) is 0. The van der Waals surface area contributed by atoms with Gasteiger partial charge < -0.3 is 14.8 Å². The molecule has 1 aliphatic carbocycles. The molecule has 3 nitrogen and oxygen atoms in total. The number of rotatable bonds is 5. The van der Waals surface area contributed by atoms with Gasteiger partial charge in [0.05, 0.1) is 11.7 Å². The van der Waals surface area contributed by atoms with Crippen molar-refractivity contribution in [2.75, 3.05) is 26.3 Å². The Kier molecular flexibility index (Phi) is 6.10. The zero-order valence-electron chi connectivity index (χ0n) is 14.5. The van der Waals surface area contributed by atoms with Crippen molar-refractivity contribution in [1.82, 2.24) is 5.32 Å². The molecule has 2 rings (SSSR count). The van der Waals surface area contributed by atoms with Crippen LogP contribution in [0.1, 0.15) is 66.2 Å². The van der Waals surface area contributed by atoms with Crippen molar-refractivity contribution in [3.63, 3.8) is 0 Å². The van der Waals surface area contributed by atoms with E-state index < -0.39 is 0 Å².